The van der Waals surface area contributed by atoms with Gasteiger partial charge in [-0.15, -0.1) is 0 Å². The van der Waals surface area contributed by atoms with Crippen LogP contribution >= 0.6 is 11.8 Å². The van der Waals surface area contributed by atoms with Crippen molar-refractivity contribution in [2.75, 3.05) is 38.0 Å². The summed E-state index contributed by atoms with van der Waals surface area (Å²) >= 11 is 1.43. The lowest BCUT2D eigenvalue weighted by atomic mass is 9.74. The second-order valence-electron chi connectivity index (χ2n) is 10.9. The summed E-state index contributed by atoms with van der Waals surface area (Å²) in [5.74, 6) is 0.0547. The van der Waals surface area contributed by atoms with Crippen LogP contribution in [0.1, 0.15) is 38.5 Å². The molecule has 0 spiro atoms. The van der Waals surface area contributed by atoms with Gasteiger partial charge in [-0.05, 0) is 91.8 Å². The number of hydrogen-bond acceptors (Lipinski definition) is 7. The van der Waals surface area contributed by atoms with E-state index in [4.69, 9.17) is 4.74 Å². The van der Waals surface area contributed by atoms with Crippen molar-refractivity contribution < 1.29 is 36.2 Å². The zero-order valence-corrected chi connectivity index (χ0v) is 24.9. The van der Waals surface area contributed by atoms with Crippen molar-refractivity contribution in [2.45, 2.75) is 61.2 Å². The number of carbonyl (C=O) groups is 1. The van der Waals surface area contributed by atoms with Crippen LogP contribution in [-0.4, -0.2) is 85.2 Å². The highest BCUT2D eigenvalue weighted by Gasteiger charge is 2.65. The molecule has 1 saturated carbocycles. The van der Waals surface area contributed by atoms with Crippen molar-refractivity contribution in [1.29, 1.82) is 0 Å². The Morgan fingerprint density at radius 2 is 1.66 bits per heavy atom. The first-order valence-electron chi connectivity index (χ1n) is 13.7. The first kappa shape index (κ1) is 31.7. The molecule has 226 valence electrons. The number of carboxylic acids is 1. The van der Waals surface area contributed by atoms with Crippen molar-refractivity contribution in [3.63, 3.8) is 0 Å². The van der Waals surface area contributed by atoms with Gasteiger partial charge in [-0.2, -0.15) is 24.9 Å². The molecule has 12 heteroatoms. The molecule has 4 rings (SSSR count). The molecule has 2 aromatic carbocycles. The fraction of sp³-hybridized carbons (Fsp3) is 0.552. The largest absolute Gasteiger partial charge is 0.493 e. The Kier molecular flexibility index (Phi) is 9.98. The van der Waals surface area contributed by atoms with E-state index in [9.17, 15) is 31.5 Å². The Morgan fingerprint density at radius 1 is 1.10 bits per heavy atom. The van der Waals surface area contributed by atoms with Gasteiger partial charge in [0.1, 0.15) is 17.3 Å². The highest BCUT2D eigenvalue weighted by molar-refractivity contribution is 7.98. The summed E-state index contributed by atoms with van der Waals surface area (Å²) < 4.78 is 72.5. The number of aliphatic carboxylic acids is 1. The lowest BCUT2D eigenvalue weighted by Crippen LogP contribution is -2.72. The van der Waals surface area contributed by atoms with Crippen molar-refractivity contribution in [1.82, 2.24) is 10.0 Å². The minimum Gasteiger partial charge on any atom is -0.493 e. The molecule has 7 nitrogen and oxygen atoms in total. The van der Waals surface area contributed by atoms with Crippen LogP contribution in [0.15, 0.2) is 53.4 Å². The van der Waals surface area contributed by atoms with Crippen molar-refractivity contribution in [3.8, 4) is 16.9 Å². The van der Waals surface area contributed by atoms with Gasteiger partial charge in [0.05, 0.1) is 11.5 Å². The van der Waals surface area contributed by atoms with E-state index in [1.165, 1.54) is 23.0 Å². The molecule has 0 aromatic heterocycles. The normalized spacial score (nSPS) is 19.1. The number of nitrogens with zero attached hydrogens (tertiary/aromatic N) is 2. The van der Waals surface area contributed by atoms with Gasteiger partial charge in [0.2, 0.25) is 0 Å². The molecule has 1 aliphatic carbocycles. The van der Waals surface area contributed by atoms with Gasteiger partial charge in [-0.3, -0.25) is 4.79 Å². The fourth-order valence-corrected chi connectivity index (χ4v) is 6.74. The lowest BCUT2D eigenvalue weighted by Gasteiger charge is -2.57. The summed E-state index contributed by atoms with van der Waals surface area (Å²) in [5.41, 5.74) is -0.332. The highest BCUT2D eigenvalue weighted by Crippen LogP contribution is 2.51. The highest BCUT2D eigenvalue weighted by atomic mass is 32.2. The molecule has 41 heavy (non-hydrogen) atoms. The maximum atomic E-state index is 14.4. The Balaban J connectivity index is 1.37. The molecule has 1 heterocycles. The lowest BCUT2D eigenvalue weighted by molar-refractivity contribution is -0.310. The van der Waals surface area contributed by atoms with Crippen LogP contribution in [0.2, 0.25) is 0 Å². The van der Waals surface area contributed by atoms with Gasteiger partial charge in [0.15, 0.2) is 9.84 Å². The molecule has 0 radical (unpaired) electrons. The zero-order chi connectivity index (χ0) is 29.8. The second kappa shape index (κ2) is 12.9. The molecule has 2 aliphatic rings. The van der Waals surface area contributed by atoms with Crippen molar-refractivity contribution >= 4 is 27.6 Å². The van der Waals surface area contributed by atoms with E-state index >= 15 is 0 Å². The quantitative estimate of drug-likeness (QED) is 0.323. The predicted octanol–water partition coefficient (Wildman–Crippen LogP) is 5.76. The Labute approximate surface area is 243 Å². The third kappa shape index (κ3) is 7.21. The summed E-state index contributed by atoms with van der Waals surface area (Å²) in [4.78, 5) is 12.5. The fourth-order valence-electron chi connectivity index (χ4n) is 5.65. The van der Waals surface area contributed by atoms with Crippen LogP contribution in [-0.2, 0) is 14.6 Å². The third-order valence-electron chi connectivity index (χ3n) is 8.17. The van der Waals surface area contributed by atoms with E-state index in [2.05, 4.69) is 0 Å². The molecule has 1 aliphatic heterocycles. The van der Waals surface area contributed by atoms with Gasteiger partial charge >= 0.3 is 12.1 Å². The molecule has 1 N–H and O–H groups in total. The van der Waals surface area contributed by atoms with E-state index in [-0.39, 0.29) is 30.1 Å². The monoisotopic (exact) mass is 614 g/mol. The average Bonchev–Trinajstić information content (AvgIpc) is 2.90. The third-order valence-corrected chi connectivity index (χ3v) is 9.95. The van der Waals surface area contributed by atoms with Gasteiger partial charge in [-0.25, -0.2) is 18.4 Å². The maximum absolute atomic E-state index is 14.4. The van der Waals surface area contributed by atoms with E-state index in [1.807, 2.05) is 30.5 Å². The summed E-state index contributed by atoms with van der Waals surface area (Å²) in [6, 6.07) is 12.9. The molecular formula is C29H37F3N2O5S2. The Morgan fingerprint density at radius 3 is 2.10 bits per heavy atom. The van der Waals surface area contributed by atoms with E-state index < -0.39 is 33.6 Å². The minimum atomic E-state index is -4.51. The van der Waals surface area contributed by atoms with Gasteiger partial charge in [0, 0.05) is 19.3 Å². The number of hydrogen-bond donors (Lipinski definition) is 1. The number of halogens is 3. The SMILES string of the molecule is CSCC[C@@H](C(=O)O)N(N1CCC(COc2ccc(-c3ccc(S(C)(=O)=O)cc3)cc2)CC1)C1(C(F)(F)F)CCC1. The smallest absolute Gasteiger partial charge is 0.408 e. The average molecular weight is 615 g/mol. The van der Waals surface area contributed by atoms with Gasteiger partial charge < -0.3 is 9.84 Å². The van der Waals surface area contributed by atoms with Gasteiger partial charge in [0.25, 0.3) is 0 Å². The topological polar surface area (TPSA) is 87.2 Å². The zero-order valence-electron chi connectivity index (χ0n) is 23.3. The standard InChI is InChI=1S/C29H37F3N2O5S2/c1-40-19-14-26(27(35)36)34(28(15-3-16-28)29(30,31)32)33-17-12-21(13-18-33)20-39-24-8-4-22(5-9-24)23-6-10-25(11-7-23)41(2,37)38/h4-11,21,26H,3,12-20H2,1-2H3,(H,35,36)/t26-/m0/s1. The predicted molar refractivity (Wildman–Crippen MR) is 154 cm³/mol. The van der Waals surface area contributed by atoms with Gasteiger partial charge in [-0.1, -0.05) is 24.3 Å². The summed E-state index contributed by atoms with van der Waals surface area (Å²) in [6.45, 7) is 1.10. The first-order chi connectivity index (χ1) is 19.4. The molecule has 0 bridgehead atoms. The van der Waals surface area contributed by atoms with Crippen LogP contribution < -0.4 is 4.74 Å². The maximum Gasteiger partial charge on any atom is 0.408 e. The summed E-state index contributed by atoms with van der Waals surface area (Å²) in [5, 5.41) is 12.8. The van der Waals surface area contributed by atoms with Crippen LogP contribution in [0.5, 0.6) is 5.75 Å². The van der Waals surface area contributed by atoms with Crippen LogP contribution in [0.3, 0.4) is 0 Å². The number of benzene rings is 2. The number of piperidine rings is 1. The molecule has 0 unspecified atom stereocenters. The molecular weight excluding hydrogens is 577 g/mol. The first-order valence-corrected chi connectivity index (χ1v) is 17.0. The number of carboxylic acid groups (broad SMARTS) is 1. The number of rotatable bonds is 12. The molecule has 0 amide bonds. The van der Waals surface area contributed by atoms with E-state index in [0.717, 1.165) is 11.1 Å². The van der Waals surface area contributed by atoms with Crippen LogP contribution in [0, 0.1) is 5.92 Å². The van der Waals surface area contributed by atoms with Crippen molar-refractivity contribution in [2.24, 2.45) is 5.92 Å². The second-order valence-corrected chi connectivity index (χ2v) is 13.9. The van der Waals surface area contributed by atoms with Crippen LogP contribution in [0.25, 0.3) is 11.1 Å². The van der Waals surface area contributed by atoms with E-state index in [0.29, 0.717) is 50.5 Å². The Hall–Kier alpha value is -2.28. The molecule has 2 fully saturated rings. The molecule has 1 saturated heterocycles. The number of sulfone groups is 1. The van der Waals surface area contributed by atoms with Crippen LogP contribution in [0.4, 0.5) is 13.2 Å². The number of hydrazine groups is 1. The number of ether oxygens (including phenoxy) is 1. The minimum absolute atomic E-state index is 0.0829. The van der Waals surface area contributed by atoms with Crippen molar-refractivity contribution in [3.05, 3.63) is 48.5 Å². The molecule has 1 atom stereocenters. The number of thioether (sulfide) groups is 1. The summed E-state index contributed by atoms with van der Waals surface area (Å²) in [7, 11) is -3.26. The van der Waals surface area contributed by atoms with E-state index in [1.54, 1.807) is 29.3 Å². The molecule has 2 aromatic rings. The number of alkyl halides is 3. The Bertz CT molecular complexity index is 1280. The summed E-state index contributed by atoms with van der Waals surface area (Å²) in [6.07, 6.45) is 0.0919.